The smallest absolute Gasteiger partial charge is 0.253 e. The van der Waals surface area contributed by atoms with E-state index < -0.39 is 0 Å². The molecular formula is C29H22N6O. The molecule has 0 unspecified atom stereocenters. The summed E-state index contributed by atoms with van der Waals surface area (Å²) < 4.78 is 1.98. The molecule has 7 heteroatoms. The van der Waals surface area contributed by atoms with E-state index in [2.05, 4.69) is 38.7 Å². The van der Waals surface area contributed by atoms with Crippen LogP contribution in [0.25, 0.3) is 38.9 Å². The predicted octanol–water partition coefficient (Wildman–Crippen LogP) is 5.24. The number of nitrogens with one attached hydrogen (secondary N) is 1. The van der Waals surface area contributed by atoms with E-state index in [1.54, 1.807) is 24.5 Å². The molecule has 6 aromatic rings. The standard InChI is InChI=1S/C29H22N6O/c1-19-33-34-28-25-16-24(21-6-3-2-4-7-21)27(32-26(25)13-15-35(19)28)22-11-9-20(10-12-22)17-31-29(36)23-8-5-14-30-18-23/h2-16,18H,17H2,1H3,(H,31,36). The summed E-state index contributed by atoms with van der Waals surface area (Å²) >= 11 is 0. The Morgan fingerprint density at radius 2 is 1.75 bits per heavy atom. The van der Waals surface area contributed by atoms with Gasteiger partial charge in [-0.05, 0) is 42.3 Å². The zero-order chi connectivity index (χ0) is 24.5. The number of carbonyl (C=O) groups excluding carboxylic acids is 1. The van der Waals surface area contributed by atoms with Crippen LogP contribution in [0.15, 0.2) is 97.5 Å². The second-order valence-corrected chi connectivity index (χ2v) is 8.56. The number of benzene rings is 2. The molecule has 0 saturated heterocycles. The first kappa shape index (κ1) is 21.6. The van der Waals surface area contributed by atoms with Crippen molar-refractivity contribution in [2.24, 2.45) is 0 Å². The maximum atomic E-state index is 12.4. The third kappa shape index (κ3) is 3.96. The summed E-state index contributed by atoms with van der Waals surface area (Å²) in [5, 5.41) is 12.5. The molecule has 0 bridgehead atoms. The summed E-state index contributed by atoms with van der Waals surface area (Å²) in [4.78, 5) is 21.4. The summed E-state index contributed by atoms with van der Waals surface area (Å²) in [6.07, 6.45) is 5.17. The molecule has 6 rings (SSSR count). The first-order chi connectivity index (χ1) is 17.7. The monoisotopic (exact) mass is 470 g/mol. The van der Waals surface area contributed by atoms with E-state index in [-0.39, 0.29) is 5.91 Å². The lowest BCUT2D eigenvalue weighted by molar-refractivity contribution is 0.0950. The molecule has 1 amide bonds. The number of fused-ring (bicyclic) bond motifs is 3. The fourth-order valence-corrected chi connectivity index (χ4v) is 4.33. The molecule has 4 aromatic heterocycles. The number of carbonyl (C=O) groups is 1. The Morgan fingerprint density at radius 3 is 2.53 bits per heavy atom. The van der Waals surface area contributed by atoms with E-state index in [0.29, 0.717) is 12.1 Å². The highest BCUT2D eigenvalue weighted by Gasteiger charge is 2.15. The van der Waals surface area contributed by atoms with Gasteiger partial charge in [0.2, 0.25) is 0 Å². The van der Waals surface area contributed by atoms with Crippen molar-refractivity contribution in [2.45, 2.75) is 13.5 Å². The van der Waals surface area contributed by atoms with Gasteiger partial charge in [-0.25, -0.2) is 4.98 Å². The lowest BCUT2D eigenvalue weighted by atomic mass is 9.97. The number of aryl methyl sites for hydroxylation is 1. The first-order valence-electron chi connectivity index (χ1n) is 11.7. The third-order valence-corrected chi connectivity index (χ3v) is 6.23. The Balaban J connectivity index is 1.37. The van der Waals surface area contributed by atoms with Gasteiger partial charge in [-0.2, -0.15) is 0 Å². The minimum absolute atomic E-state index is 0.148. The maximum Gasteiger partial charge on any atom is 0.253 e. The number of nitrogens with zero attached hydrogens (tertiary/aromatic N) is 5. The number of hydrogen-bond acceptors (Lipinski definition) is 5. The molecule has 2 aromatic carbocycles. The number of pyridine rings is 3. The number of aromatic nitrogens is 5. The summed E-state index contributed by atoms with van der Waals surface area (Å²) in [5.41, 5.74) is 7.18. The predicted molar refractivity (Wildman–Crippen MR) is 139 cm³/mol. The Bertz CT molecular complexity index is 1690. The number of hydrogen-bond donors (Lipinski definition) is 1. The minimum atomic E-state index is -0.148. The van der Waals surface area contributed by atoms with Crippen LogP contribution in [0.5, 0.6) is 0 Å². The molecular weight excluding hydrogens is 448 g/mol. The zero-order valence-corrected chi connectivity index (χ0v) is 19.6. The molecule has 1 N–H and O–H groups in total. The highest BCUT2D eigenvalue weighted by Crippen LogP contribution is 2.34. The lowest BCUT2D eigenvalue weighted by Crippen LogP contribution is -2.22. The van der Waals surface area contributed by atoms with Crippen molar-refractivity contribution in [3.63, 3.8) is 0 Å². The van der Waals surface area contributed by atoms with Crippen LogP contribution < -0.4 is 5.32 Å². The van der Waals surface area contributed by atoms with Gasteiger partial charge in [0.15, 0.2) is 5.65 Å². The normalized spacial score (nSPS) is 11.1. The second kappa shape index (κ2) is 9.03. The Hall–Kier alpha value is -4.91. The average molecular weight is 471 g/mol. The van der Waals surface area contributed by atoms with Gasteiger partial charge in [-0.1, -0.05) is 54.6 Å². The van der Waals surface area contributed by atoms with E-state index in [4.69, 9.17) is 4.98 Å². The fraction of sp³-hybridized carbons (Fsp3) is 0.0690. The topological polar surface area (TPSA) is 85.1 Å². The van der Waals surface area contributed by atoms with Crippen LogP contribution >= 0.6 is 0 Å². The largest absolute Gasteiger partial charge is 0.348 e. The van der Waals surface area contributed by atoms with Crippen LogP contribution in [0.3, 0.4) is 0 Å². The third-order valence-electron chi connectivity index (χ3n) is 6.23. The molecule has 0 radical (unpaired) electrons. The molecule has 0 spiro atoms. The summed E-state index contributed by atoms with van der Waals surface area (Å²) in [5.74, 6) is 0.688. The van der Waals surface area contributed by atoms with Crippen molar-refractivity contribution in [2.75, 3.05) is 0 Å². The van der Waals surface area contributed by atoms with Gasteiger partial charge in [0.25, 0.3) is 5.91 Å². The number of amides is 1. The fourth-order valence-electron chi connectivity index (χ4n) is 4.33. The van der Waals surface area contributed by atoms with Crippen molar-refractivity contribution >= 4 is 22.5 Å². The van der Waals surface area contributed by atoms with Gasteiger partial charge in [-0.3, -0.25) is 14.2 Å². The Morgan fingerprint density at radius 1 is 0.917 bits per heavy atom. The molecule has 0 aliphatic heterocycles. The van der Waals surface area contributed by atoms with E-state index in [1.807, 2.05) is 66.1 Å². The van der Waals surface area contributed by atoms with Gasteiger partial charge in [-0.15, -0.1) is 10.2 Å². The van der Waals surface area contributed by atoms with Gasteiger partial charge >= 0.3 is 0 Å². The van der Waals surface area contributed by atoms with Crippen LogP contribution in [0.1, 0.15) is 21.7 Å². The molecule has 0 saturated carbocycles. The number of rotatable bonds is 5. The van der Waals surface area contributed by atoms with Crippen LogP contribution in [0.2, 0.25) is 0 Å². The summed E-state index contributed by atoms with van der Waals surface area (Å²) in [7, 11) is 0. The average Bonchev–Trinajstić information content (AvgIpc) is 3.33. The molecule has 174 valence electrons. The van der Waals surface area contributed by atoms with Crippen molar-refractivity contribution in [1.82, 2.24) is 29.9 Å². The van der Waals surface area contributed by atoms with Crippen molar-refractivity contribution in [3.05, 3.63) is 114 Å². The second-order valence-electron chi connectivity index (χ2n) is 8.56. The molecule has 0 aliphatic rings. The Labute approximate surface area is 207 Å². The summed E-state index contributed by atoms with van der Waals surface area (Å²) in [6.45, 7) is 2.36. The van der Waals surface area contributed by atoms with E-state index in [0.717, 1.165) is 50.3 Å². The van der Waals surface area contributed by atoms with Crippen molar-refractivity contribution in [3.8, 4) is 22.4 Å². The minimum Gasteiger partial charge on any atom is -0.348 e. The molecule has 0 atom stereocenters. The van der Waals surface area contributed by atoms with Crippen molar-refractivity contribution < 1.29 is 4.79 Å². The first-order valence-corrected chi connectivity index (χ1v) is 11.7. The molecule has 4 heterocycles. The molecule has 0 aliphatic carbocycles. The molecule has 36 heavy (non-hydrogen) atoms. The van der Waals surface area contributed by atoms with Gasteiger partial charge in [0.1, 0.15) is 5.82 Å². The van der Waals surface area contributed by atoms with Gasteiger partial charge in [0.05, 0.1) is 16.8 Å². The molecule has 0 fully saturated rings. The van der Waals surface area contributed by atoms with Crippen molar-refractivity contribution in [1.29, 1.82) is 0 Å². The van der Waals surface area contributed by atoms with Crippen LogP contribution in [0, 0.1) is 6.92 Å². The van der Waals surface area contributed by atoms with E-state index in [9.17, 15) is 4.79 Å². The van der Waals surface area contributed by atoms with E-state index >= 15 is 0 Å². The van der Waals surface area contributed by atoms with E-state index in [1.165, 1.54) is 0 Å². The highest BCUT2D eigenvalue weighted by atomic mass is 16.1. The summed E-state index contributed by atoms with van der Waals surface area (Å²) in [6, 6.07) is 26.0. The van der Waals surface area contributed by atoms with Gasteiger partial charge in [0, 0.05) is 41.6 Å². The highest BCUT2D eigenvalue weighted by molar-refractivity contribution is 5.98. The maximum absolute atomic E-state index is 12.4. The lowest BCUT2D eigenvalue weighted by Gasteiger charge is -2.13. The Kier molecular flexibility index (Phi) is 5.42. The van der Waals surface area contributed by atoms with Crippen LogP contribution in [-0.4, -0.2) is 30.5 Å². The zero-order valence-electron chi connectivity index (χ0n) is 19.6. The molecule has 7 nitrogen and oxygen atoms in total. The van der Waals surface area contributed by atoms with Crippen LogP contribution in [-0.2, 0) is 6.54 Å². The quantitative estimate of drug-likeness (QED) is 0.372. The van der Waals surface area contributed by atoms with Crippen LogP contribution in [0.4, 0.5) is 0 Å². The SMILES string of the molecule is Cc1nnc2c3cc(-c4ccccc4)c(-c4ccc(CNC(=O)c5cccnc5)cc4)nc3ccn12. The van der Waals surface area contributed by atoms with Gasteiger partial charge < -0.3 is 5.32 Å².